The van der Waals surface area contributed by atoms with Crippen LogP contribution < -0.4 is 5.32 Å². The quantitative estimate of drug-likeness (QED) is 0.596. The lowest BCUT2D eigenvalue weighted by molar-refractivity contribution is 0.509. The first kappa shape index (κ1) is 13.7. The van der Waals surface area contributed by atoms with E-state index in [0.29, 0.717) is 22.7 Å². The summed E-state index contributed by atoms with van der Waals surface area (Å²) in [4.78, 5) is 12.0. The van der Waals surface area contributed by atoms with Crippen LogP contribution in [0.1, 0.15) is 0 Å². The van der Waals surface area contributed by atoms with Gasteiger partial charge in [-0.1, -0.05) is 0 Å². The van der Waals surface area contributed by atoms with Gasteiger partial charge < -0.3 is 14.9 Å². The van der Waals surface area contributed by atoms with Crippen LogP contribution in [0.3, 0.4) is 0 Å². The van der Waals surface area contributed by atoms with Gasteiger partial charge in [0.25, 0.3) is 0 Å². The Labute approximate surface area is 130 Å². The van der Waals surface area contributed by atoms with Crippen LogP contribution in [0.25, 0.3) is 33.3 Å². The molecule has 2 N–H and O–H groups in total. The molecule has 0 aliphatic rings. The monoisotopic (exact) mass is 313 g/mol. The number of rotatable bonds is 2. The Morgan fingerprint density at radius 3 is 2.74 bits per heavy atom. The zero-order valence-electron chi connectivity index (χ0n) is 12.5. The van der Waals surface area contributed by atoms with Crippen molar-refractivity contribution in [1.29, 1.82) is 0 Å². The first-order valence-electron chi connectivity index (χ1n) is 7.05. The lowest BCUT2D eigenvalue weighted by atomic mass is 10.1. The fraction of sp³-hybridized carbons (Fsp3) is 0.125. The molecule has 1 aromatic carbocycles. The maximum Gasteiger partial charge on any atom is 0.159 e. The second-order valence-corrected chi connectivity index (χ2v) is 5.34. The Morgan fingerprint density at radius 2 is 2.00 bits per heavy atom. The van der Waals surface area contributed by atoms with Crippen molar-refractivity contribution in [3.63, 3.8) is 0 Å². The van der Waals surface area contributed by atoms with E-state index in [1.54, 1.807) is 13.4 Å². The van der Waals surface area contributed by atoms with Crippen LogP contribution >= 0.6 is 0 Å². The number of pyridine rings is 1. The number of anilines is 1. The lowest BCUT2D eigenvalue weighted by Crippen LogP contribution is -1.95. The van der Waals surface area contributed by atoms with Crippen molar-refractivity contribution in [2.75, 3.05) is 12.4 Å². The van der Waals surface area contributed by atoms with Gasteiger partial charge in [0.2, 0.25) is 0 Å². The van der Waals surface area contributed by atoms with E-state index in [9.17, 15) is 8.78 Å². The molecule has 0 radical (unpaired) electrons. The molecule has 0 fully saturated rings. The van der Waals surface area contributed by atoms with Crippen molar-refractivity contribution >= 4 is 27.9 Å². The Kier molecular flexibility index (Phi) is 2.84. The summed E-state index contributed by atoms with van der Waals surface area (Å²) in [6.45, 7) is 0. The summed E-state index contributed by atoms with van der Waals surface area (Å²) in [6.07, 6.45) is 1.72. The van der Waals surface area contributed by atoms with Crippen LogP contribution in [0.15, 0.2) is 30.6 Å². The highest BCUT2D eigenvalue weighted by molar-refractivity contribution is 6.07. The summed E-state index contributed by atoms with van der Waals surface area (Å²) in [5, 5.41) is 3.90. The van der Waals surface area contributed by atoms with E-state index in [4.69, 9.17) is 0 Å². The van der Waals surface area contributed by atoms with Crippen molar-refractivity contribution in [1.82, 2.24) is 19.5 Å². The van der Waals surface area contributed by atoms with Gasteiger partial charge in [0, 0.05) is 30.7 Å². The van der Waals surface area contributed by atoms with Crippen molar-refractivity contribution in [2.45, 2.75) is 0 Å². The highest BCUT2D eigenvalue weighted by atomic mass is 19.2. The normalized spacial score (nSPS) is 11.5. The van der Waals surface area contributed by atoms with Gasteiger partial charge in [-0.05, 0) is 24.3 Å². The fourth-order valence-corrected chi connectivity index (χ4v) is 2.79. The average Bonchev–Trinajstić information content (AvgIpc) is 3.12. The number of benzene rings is 1. The molecule has 0 aliphatic heterocycles. The Bertz CT molecular complexity index is 1050. The maximum absolute atomic E-state index is 13.5. The number of nitrogens with one attached hydrogen (secondary N) is 2. The summed E-state index contributed by atoms with van der Waals surface area (Å²) in [5.74, 6) is -1.09. The van der Waals surface area contributed by atoms with Gasteiger partial charge in [-0.25, -0.2) is 18.7 Å². The van der Waals surface area contributed by atoms with Gasteiger partial charge in [0.15, 0.2) is 17.5 Å². The van der Waals surface area contributed by atoms with E-state index in [1.807, 2.05) is 17.7 Å². The molecule has 0 saturated carbocycles. The molecule has 23 heavy (non-hydrogen) atoms. The van der Waals surface area contributed by atoms with E-state index in [2.05, 4.69) is 20.3 Å². The largest absolute Gasteiger partial charge is 0.371 e. The van der Waals surface area contributed by atoms with Crippen LogP contribution in [0.2, 0.25) is 0 Å². The molecule has 0 bridgehead atoms. The standard InChI is InChI=1S/C16H13F2N5/c1-19-16-13-14(23(2)7-20-13)9-6-12(21-15(9)22-16)8-3-4-10(17)11(18)5-8/h3-7H,1-2H3,(H2,19,21,22). The van der Waals surface area contributed by atoms with Gasteiger partial charge in [-0.2, -0.15) is 0 Å². The highest BCUT2D eigenvalue weighted by Gasteiger charge is 2.15. The summed E-state index contributed by atoms with van der Waals surface area (Å²) in [5.41, 5.74) is 3.57. The Morgan fingerprint density at radius 1 is 1.17 bits per heavy atom. The van der Waals surface area contributed by atoms with Crippen LogP contribution in [0.4, 0.5) is 14.6 Å². The molecule has 116 valence electrons. The second kappa shape index (κ2) is 4.77. The van der Waals surface area contributed by atoms with Gasteiger partial charge >= 0.3 is 0 Å². The van der Waals surface area contributed by atoms with E-state index < -0.39 is 11.6 Å². The third kappa shape index (κ3) is 1.97. The third-order valence-electron chi connectivity index (χ3n) is 3.90. The molecule has 0 aliphatic carbocycles. The van der Waals surface area contributed by atoms with Gasteiger partial charge in [-0.3, -0.25) is 0 Å². The summed E-state index contributed by atoms with van der Waals surface area (Å²) < 4.78 is 28.5. The molecule has 3 heterocycles. The van der Waals surface area contributed by atoms with Gasteiger partial charge in [0.1, 0.15) is 11.2 Å². The number of aromatic nitrogens is 4. The number of aromatic amines is 1. The number of hydrogen-bond donors (Lipinski definition) is 2. The summed E-state index contributed by atoms with van der Waals surface area (Å²) >= 11 is 0. The third-order valence-corrected chi connectivity index (χ3v) is 3.90. The van der Waals surface area contributed by atoms with Gasteiger partial charge in [0.05, 0.1) is 11.8 Å². The average molecular weight is 313 g/mol. The molecule has 5 nitrogen and oxygen atoms in total. The maximum atomic E-state index is 13.5. The predicted octanol–water partition coefficient (Wildman–Crippen LogP) is 3.44. The molecular formula is C16H13F2N5. The fourth-order valence-electron chi connectivity index (χ4n) is 2.79. The van der Waals surface area contributed by atoms with Crippen LogP contribution in [-0.4, -0.2) is 26.6 Å². The molecule has 0 unspecified atom stereocenters. The highest BCUT2D eigenvalue weighted by Crippen LogP contribution is 2.31. The number of imidazole rings is 1. The number of fused-ring (bicyclic) bond motifs is 3. The zero-order valence-corrected chi connectivity index (χ0v) is 12.5. The van der Waals surface area contributed by atoms with Crippen molar-refractivity contribution < 1.29 is 8.78 Å². The molecule has 0 atom stereocenters. The molecule has 7 heteroatoms. The topological polar surface area (TPSA) is 58.5 Å². The van der Waals surface area contributed by atoms with E-state index in [1.165, 1.54) is 12.1 Å². The number of H-pyrrole nitrogens is 1. The summed E-state index contributed by atoms with van der Waals surface area (Å²) in [7, 11) is 3.68. The minimum Gasteiger partial charge on any atom is -0.371 e. The van der Waals surface area contributed by atoms with Crippen LogP contribution in [0.5, 0.6) is 0 Å². The van der Waals surface area contributed by atoms with Crippen molar-refractivity contribution in [3.05, 3.63) is 42.2 Å². The van der Waals surface area contributed by atoms with E-state index >= 15 is 0 Å². The van der Waals surface area contributed by atoms with E-state index in [-0.39, 0.29) is 0 Å². The van der Waals surface area contributed by atoms with Crippen molar-refractivity contribution in [3.8, 4) is 11.3 Å². The Balaban J connectivity index is 2.02. The molecule has 4 aromatic rings. The first-order chi connectivity index (χ1) is 11.1. The van der Waals surface area contributed by atoms with Crippen LogP contribution in [-0.2, 0) is 7.05 Å². The lowest BCUT2D eigenvalue weighted by Gasteiger charge is -2.02. The zero-order chi connectivity index (χ0) is 16.1. The second-order valence-electron chi connectivity index (χ2n) is 5.34. The minimum atomic E-state index is -0.879. The molecule has 0 spiro atoms. The molecule has 3 aromatic heterocycles. The molecule has 0 saturated heterocycles. The summed E-state index contributed by atoms with van der Waals surface area (Å²) in [6, 6.07) is 5.68. The first-order valence-corrected chi connectivity index (χ1v) is 7.05. The molecular weight excluding hydrogens is 300 g/mol. The number of halogens is 2. The predicted molar refractivity (Wildman–Crippen MR) is 85.3 cm³/mol. The van der Waals surface area contributed by atoms with Gasteiger partial charge in [-0.15, -0.1) is 0 Å². The van der Waals surface area contributed by atoms with Crippen molar-refractivity contribution in [2.24, 2.45) is 7.05 Å². The number of aryl methyl sites for hydroxylation is 1. The Hall–Kier alpha value is -2.96. The number of nitrogens with zero attached hydrogens (tertiary/aromatic N) is 3. The smallest absolute Gasteiger partial charge is 0.159 e. The van der Waals surface area contributed by atoms with Crippen LogP contribution in [0, 0.1) is 11.6 Å². The molecule has 0 amide bonds. The SMILES string of the molecule is CNc1nc2[nH]c(-c3ccc(F)c(F)c3)cc2c2c1ncn2C. The number of hydrogen-bond acceptors (Lipinski definition) is 3. The van der Waals surface area contributed by atoms with E-state index in [0.717, 1.165) is 22.5 Å². The minimum absolute atomic E-state index is 0.559. The molecule has 4 rings (SSSR count).